The number of nitrogens with one attached hydrogen (secondary N) is 2. The van der Waals surface area contributed by atoms with E-state index < -0.39 is 0 Å². The van der Waals surface area contributed by atoms with E-state index in [1.807, 2.05) is 30.3 Å². The maximum Gasteiger partial charge on any atom is 0.255 e. The van der Waals surface area contributed by atoms with Gasteiger partial charge in [0, 0.05) is 31.0 Å². The van der Waals surface area contributed by atoms with Crippen molar-refractivity contribution in [1.82, 2.24) is 15.3 Å². The second-order valence-electron chi connectivity index (χ2n) is 7.92. The summed E-state index contributed by atoms with van der Waals surface area (Å²) in [6.45, 7) is 0.905. The van der Waals surface area contributed by atoms with Gasteiger partial charge in [0.15, 0.2) is 0 Å². The Bertz CT molecular complexity index is 1350. The van der Waals surface area contributed by atoms with Crippen molar-refractivity contribution >= 4 is 11.7 Å². The highest BCUT2D eigenvalue weighted by atomic mass is 19.1. The second kappa shape index (κ2) is 11.5. The number of hydrogen-bond acceptors (Lipinski definition) is 5. The molecule has 7 heteroatoms. The van der Waals surface area contributed by atoms with Gasteiger partial charge in [0.2, 0.25) is 0 Å². The molecule has 2 N–H and O–H groups in total. The van der Waals surface area contributed by atoms with Crippen LogP contribution in [0.25, 0.3) is 11.3 Å². The summed E-state index contributed by atoms with van der Waals surface area (Å²) in [6, 6.07) is 23.1. The van der Waals surface area contributed by atoms with E-state index in [9.17, 15) is 14.4 Å². The Hall–Kier alpha value is -4.57. The third-order valence-corrected chi connectivity index (χ3v) is 5.48. The molecule has 2 aromatic heterocycles. The number of anilines is 1. The third-order valence-electron chi connectivity index (χ3n) is 5.48. The van der Waals surface area contributed by atoms with Crippen LogP contribution in [0.5, 0.6) is 0 Å². The van der Waals surface area contributed by atoms with Crippen LogP contribution in [0.3, 0.4) is 0 Å². The van der Waals surface area contributed by atoms with Crippen LogP contribution in [-0.2, 0) is 12.8 Å². The zero-order valence-corrected chi connectivity index (χ0v) is 19.0. The molecule has 4 aromatic rings. The Morgan fingerprint density at radius 2 is 1.77 bits per heavy atom. The van der Waals surface area contributed by atoms with Crippen LogP contribution in [0, 0.1) is 17.1 Å². The van der Waals surface area contributed by atoms with Crippen molar-refractivity contribution in [3.63, 3.8) is 0 Å². The van der Waals surface area contributed by atoms with E-state index in [1.165, 1.54) is 12.1 Å². The standard InChI is InChI=1S/C28H24FN5O/c29-23-8-3-5-20(17-23)12-15-32-27-25(28(35)33-16-13-21-6-4-14-31-19-21)10-11-26(34-27)24-9-2-1-7-22(24)18-30/h1-11,14,17,19H,12-13,15-16H2,(H,32,34)(H,33,35). The number of carbonyl (C=O) groups excluding carboxylic acids is 1. The molecular weight excluding hydrogens is 441 g/mol. The SMILES string of the molecule is N#Cc1ccccc1-c1ccc(C(=O)NCCc2cccnc2)c(NCCc2cccc(F)c2)n1. The van der Waals surface area contributed by atoms with E-state index in [1.54, 1.807) is 42.7 Å². The number of nitriles is 1. The van der Waals surface area contributed by atoms with Crippen molar-refractivity contribution in [2.24, 2.45) is 0 Å². The molecule has 1 amide bonds. The molecule has 0 saturated heterocycles. The summed E-state index contributed by atoms with van der Waals surface area (Å²) in [5.74, 6) is -0.135. The van der Waals surface area contributed by atoms with Gasteiger partial charge in [-0.2, -0.15) is 5.26 Å². The first-order chi connectivity index (χ1) is 17.1. The zero-order chi connectivity index (χ0) is 24.5. The van der Waals surface area contributed by atoms with Crippen LogP contribution in [0.4, 0.5) is 10.2 Å². The predicted octanol–water partition coefficient (Wildman–Crippen LogP) is 4.78. The summed E-state index contributed by atoms with van der Waals surface area (Å²) < 4.78 is 13.5. The van der Waals surface area contributed by atoms with Gasteiger partial charge in [0.25, 0.3) is 5.91 Å². The minimum absolute atomic E-state index is 0.255. The number of halogens is 1. The van der Waals surface area contributed by atoms with Gasteiger partial charge in [0.05, 0.1) is 22.9 Å². The molecule has 0 radical (unpaired) electrons. The number of nitrogens with zero attached hydrogens (tertiary/aromatic N) is 3. The first kappa shape index (κ1) is 23.6. The molecule has 6 nitrogen and oxygen atoms in total. The monoisotopic (exact) mass is 465 g/mol. The van der Waals surface area contributed by atoms with Gasteiger partial charge in [-0.3, -0.25) is 9.78 Å². The lowest BCUT2D eigenvalue weighted by molar-refractivity contribution is 0.0954. The van der Waals surface area contributed by atoms with Crippen LogP contribution >= 0.6 is 0 Å². The largest absolute Gasteiger partial charge is 0.369 e. The van der Waals surface area contributed by atoms with Gasteiger partial charge in [-0.1, -0.05) is 36.4 Å². The fourth-order valence-corrected chi connectivity index (χ4v) is 3.71. The van der Waals surface area contributed by atoms with Crippen molar-refractivity contribution in [3.8, 4) is 17.3 Å². The molecule has 174 valence electrons. The van der Waals surface area contributed by atoms with E-state index in [0.29, 0.717) is 54.1 Å². The van der Waals surface area contributed by atoms with Crippen molar-refractivity contribution in [1.29, 1.82) is 5.26 Å². The third kappa shape index (κ3) is 6.27. The van der Waals surface area contributed by atoms with Crippen LogP contribution in [-0.4, -0.2) is 29.0 Å². The van der Waals surface area contributed by atoms with E-state index in [2.05, 4.69) is 26.7 Å². The molecule has 35 heavy (non-hydrogen) atoms. The maximum atomic E-state index is 13.5. The lowest BCUT2D eigenvalue weighted by Crippen LogP contribution is -2.27. The molecule has 0 bridgehead atoms. The van der Waals surface area contributed by atoms with E-state index in [-0.39, 0.29) is 11.7 Å². The first-order valence-electron chi connectivity index (χ1n) is 11.3. The molecule has 0 aliphatic rings. The molecule has 0 aliphatic carbocycles. The van der Waals surface area contributed by atoms with Crippen molar-refractivity contribution in [2.45, 2.75) is 12.8 Å². The normalized spacial score (nSPS) is 10.4. The summed E-state index contributed by atoms with van der Waals surface area (Å²) in [4.78, 5) is 21.8. The molecule has 0 fully saturated rings. The average Bonchev–Trinajstić information content (AvgIpc) is 2.89. The highest BCUT2D eigenvalue weighted by Gasteiger charge is 2.15. The van der Waals surface area contributed by atoms with E-state index >= 15 is 0 Å². The Morgan fingerprint density at radius 1 is 0.943 bits per heavy atom. The van der Waals surface area contributed by atoms with Crippen molar-refractivity contribution in [3.05, 3.63) is 113 Å². The van der Waals surface area contributed by atoms with Gasteiger partial charge < -0.3 is 10.6 Å². The number of aromatic nitrogens is 2. The lowest BCUT2D eigenvalue weighted by Gasteiger charge is -2.14. The van der Waals surface area contributed by atoms with Gasteiger partial charge in [-0.15, -0.1) is 0 Å². The fourth-order valence-electron chi connectivity index (χ4n) is 3.71. The smallest absolute Gasteiger partial charge is 0.255 e. The minimum atomic E-state index is -0.288. The van der Waals surface area contributed by atoms with Crippen LogP contribution in [0.2, 0.25) is 0 Å². The van der Waals surface area contributed by atoms with Gasteiger partial charge in [-0.25, -0.2) is 9.37 Å². The van der Waals surface area contributed by atoms with Crippen LogP contribution < -0.4 is 10.6 Å². The molecule has 0 saturated carbocycles. The number of rotatable bonds is 9. The van der Waals surface area contributed by atoms with Crippen LogP contribution in [0.15, 0.2) is 85.2 Å². The summed E-state index contributed by atoms with van der Waals surface area (Å²) in [7, 11) is 0. The molecule has 0 aliphatic heterocycles. The molecule has 2 aromatic carbocycles. The molecule has 0 spiro atoms. The number of amides is 1. The zero-order valence-electron chi connectivity index (χ0n) is 19.0. The summed E-state index contributed by atoms with van der Waals surface area (Å²) in [6.07, 6.45) is 4.69. The topological polar surface area (TPSA) is 90.7 Å². The lowest BCUT2D eigenvalue weighted by atomic mass is 10.0. The number of hydrogen-bond donors (Lipinski definition) is 2. The average molecular weight is 466 g/mol. The predicted molar refractivity (Wildman–Crippen MR) is 133 cm³/mol. The van der Waals surface area contributed by atoms with E-state index in [0.717, 1.165) is 11.1 Å². The Kier molecular flexibility index (Phi) is 7.77. The first-order valence-corrected chi connectivity index (χ1v) is 11.3. The molecule has 0 atom stereocenters. The van der Waals surface area contributed by atoms with Gasteiger partial charge in [-0.05, 0) is 60.4 Å². The molecule has 4 rings (SSSR count). The summed E-state index contributed by atoms with van der Waals surface area (Å²) in [5.41, 5.74) is 4.04. The highest BCUT2D eigenvalue weighted by molar-refractivity contribution is 5.99. The minimum Gasteiger partial charge on any atom is -0.369 e. The molecule has 0 unspecified atom stereocenters. The van der Waals surface area contributed by atoms with Crippen LogP contribution in [0.1, 0.15) is 27.0 Å². The maximum absolute atomic E-state index is 13.5. The number of pyridine rings is 2. The number of carbonyl (C=O) groups is 1. The number of benzene rings is 2. The van der Waals surface area contributed by atoms with E-state index in [4.69, 9.17) is 0 Å². The van der Waals surface area contributed by atoms with Crippen molar-refractivity contribution < 1.29 is 9.18 Å². The van der Waals surface area contributed by atoms with Crippen molar-refractivity contribution in [2.75, 3.05) is 18.4 Å². The Balaban J connectivity index is 1.54. The molecular formula is C28H24FN5O. The van der Waals surface area contributed by atoms with Gasteiger partial charge in [0.1, 0.15) is 11.6 Å². The van der Waals surface area contributed by atoms with Gasteiger partial charge >= 0.3 is 0 Å². The summed E-state index contributed by atoms with van der Waals surface area (Å²) in [5, 5.41) is 15.6. The molecule has 2 heterocycles. The second-order valence-corrected chi connectivity index (χ2v) is 7.92. The fraction of sp³-hybridized carbons (Fsp3) is 0.143. The highest BCUT2D eigenvalue weighted by Crippen LogP contribution is 2.25. The summed E-state index contributed by atoms with van der Waals surface area (Å²) >= 11 is 0. The Morgan fingerprint density at radius 3 is 2.57 bits per heavy atom. The Labute approximate surface area is 203 Å². The quantitative estimate of drug-likeness (QED) is 0.371.